The van der Waals surface area contributed by atoms with Gasteiger partial charge in [-0.15, -0.1) is 0 Å². The minimum atomic E-state index is -1.93. The molecule has 1 fully saturated rings. The number of carbonyl (C=O) groups is 1. The number of hydrogen-bond acceptors (Lipinski definition) is 8. The fraction of sp³-hybridized carbons (Fsp3) is 0.559. The molecule has 10 heteroatoms. The molecule has 44 heavy (non-hydrogen) atoms. The van der Waals surface area contributed by atoms with Crippen LogP contribution in [0, 0.1) is 0 Å². The zero-order chi connectivity index (χ0) is 32.3. The minimum Gasteiger partial charge on any atom is -0.497 e. The van der Waals surface area contributed by atoms with Gasteiger partial charge in [0.1, 0.15) is 17.1 Å². The van der Waals surface area contributed by atoms with Crippen LogP contribution in [0.1, 0.15) is 66.0 Å². The van der Waals surface area contributed by atoms with Gasteiger partial charge in [0, 0.05) is 61.3 Å². The summed E-state index contributed by atoms with van der Waals surface area (Å²) in [4.78, 5) is 26.4. The predicted octanol–water partition coefficient (Wildman–Crippen LogP) is 7.92. The van der Waals surface area contributed by atoms with Crippen LogP contribution in [0.4, 0.5) is 16.2 Å². The number of piperidine rings is 1. The van der Waals surface area contributed by atoms with E-state index in [0.29, 0.717) is 26.2 Å². The molecule has 0 bridgehead atoms. The Morgan fingerprint density at radius 2 is 1.57 bits per heavy atom. The molecule has 2 heterocycles. The van der Waals surface area contributed by atoms with Crippen molar-refractivity contribution in [1.82, 2.24) is 14.9 Å². The van der Waals surface area contributed by atoms with Crippen molar-refractivity contribution in [1.29, 1.82) is 0 Å². The van der Waals surface area contributed by atoms with E-state index in [1.165, 1.54) is 0 Å². The largest absolute Gasteiger partial charge is 0.497 e. The summed E-state index contributed by atoms with van der Waals surface area (Å²) in [7, 11) is 1.39. The van der Waals surface area contributed by atoms with Crippen LogP contribution in [0.3, 0.4) is 0 Å². The Kier molecular flexibility index (Phi) is 10.1. The second-order valence-corrected chi connectivity index (χ2v) is 18.9. The van der Waals surface area contributed by atoms with E-state index in [-0.39, 0.29) is 17.0 Å². The molecule has 0 saturated carbocycles. The number of rotatable bonds is 9. The zero-order valence-electron chi connectivity index (χ0n) is 28.2. The first-order chi connectivity index (χ1) is 20.6. The van der Waals surface area contributed by atoms with Gasteiger partial charge in [0.05, 0.1) is 37.6 Å². The van der Waals surface area contributed by atoms with E-state index < -0.39 is 13.9 Å². The summed E-state index contributed by atoms with van der Waals surface area (Å²) in [5.74, 6) is 1.66. The maximum Gasteiger partial charge on any atom is 0.410 e. The third kappa shape index (κ3) is 8.21. The average molecular weight is 623 g/mol. The Labute approximate surface area is 264 Å². The van der Waals surface area contributed by atoms with Gasteiger partial charge >= 0.3 is 6.09 Å². The van der Waals surface area contributed by atoms with Crippen molar-refractivity contribution in [3.8, 4) is 11.5 Å². The molecule has 9 nitrogen and oxygen atoms in total. The lowest BCUT2D eigenvalue weighted by molar-refractivity contribution is 0.0204. The van der Waals surface area contributed by atoms with Crippen molar-refractivity contribution in [2.75, 3.05) is 45.4 Å². The van der Waals surface area contributed by atoms with Gasteiger partial charge in [-0.3, -0.25) is 4.98 Å². The Balaban J connectivity index is 1.60. The van der Waals surface area contributed by atoms with Gasteiger partial charge in [0.2, 0.25) is 0 Å². The summed E-state index contributed by atoms with van der Waals surface area (Å²) in [6, 6.07) is 12.1. The lowest BCUT2D eigenvalue weighted by Crippen LogP contribution is -2.42. The van der Waals surface area contributed by atoms with Crippen LogP contribution in [0.15, 0.2) is 42.6 Å². The SMILES string of the molecule is COc1cc(OC)cc(N(CCO[Si](C)(C)C(C)(C)C)c2ccc3ncc(C4CCN(C(=O)OC(C)(C)C)CC4)nc3c2)c1. The molecule has 240 valence electrons. The van der Waals surface area contributed by atoms with Gasteiger partial charge in [0.15, 0.2) is 8.32 Å². The molecule has 0 spiro atoms. The highest BCUT2D eigenvalue weighted by Crippen LogP contribution is 2.38. The molecule has 0 atom stereocenters. The number of likely N-dealkylation sites (tertiary alicyclic amines) is 1. The van der Waals surface area contributed by atoms with Gasteiger partial charge < -0.3 is 28.4 Å². The van der Waals surface area contributed by atoms with Crippen LogP contribution in [0.5, 0.6) is 11.5 Å². The van der Waals surface area contributed by atoms with Crippen molar-refractivity contribution in [2.24, 2.45) is 0 Å². The molecule has 1 aliphatic heterocycles. The number of aromatic nitrogens is 2. The first kappa shape index (κ1) is 33.5. The van der Waals surface area contributed by atoms with E-state index >= 15 is 0 Å². The normalized spacial score (nSPS) is 14.9. The second kappa shape index (κ2) is 13.3. The van der Waals surface area contributed by atoms with Gasteiger partial charge in [-0.2, -0.15) is 0 Å². The quantitative estimate of drug-likeness (QED) is 0.223. The summed E-state index contributed by atoms with van der Waals surface area (Å²) in [6.45, 7) is 19.5. The average Bonchev–Trinajstić information content (AvgIpc) is 2.97. The monoisotopic (exact) mass is 622 g/mol. The third-order valence-electron chi connectivity index (χ3n) is 8.65. The highest BCUT2D eigenvalue weighted by molar-refractivity contribution is 6.74. The van der Waals surface area contributed by atoms with E-state index in [1.54, 1.807) is 19.1 Å². The molecular weight excluding hydrogens is 572 g/mol. The zero-order valence-corrected chi connectivity index (χ0v) is 29.2. The third-order valence-corrected chi connectivity index (χ3v) is 13.2. The highest BCUT2D eigenvalue weighted by Gasteiger charge is 2.37. The number of amides is 1. The van der Waals surface area contributed by atoms with Gasteiger partial charge in [-0.1, -0.05) is 20.8 Å². The van der Waals surface area contributed by atoms with E-state index in [9.17, 15) is 4.79 Å². The number of methoxy groups -OCH3 is 2. The van der Waals surface area contributed by atoms with Crippen LogP contribution in [-0.4, -0.2) is 75.3 Å². The van der Waals surface area contributed by atoms with E-state index in [4.69, 9.17) is 28.6 Å². The van der Waals surface area contributed by atoms with E-state index in [1.807, 2.05) is 51.2 Å². The number of carbonyl (C=O) groups excluding carboxylic acids is 1. The fourth-order valence-corrected chi connectivity index (χ4v) is 6.06. The molecule has 0 aliphatic carbocycles. The van der Waals surface area contributed by atoms with Crippen molar-refractivity contribution in [3.05, 3.63) is 48.3 Å². The molecule has 1 aliphatic rings. The number of fused-ring (bicyclic) bond motifs is 1. The minimum absolute atomic E-state index is 0.120. The first-order valence-electron chi connectivity index (χ1n) is 15.5. The Morgan fingerprint density at radius 3 is 2.14 bits per heavy atom. The topological polar surface area (TPSA) is 86.3 Å². The van der Waals surface area contributed by atoms with Crippen LogP contribution in [0.25, 0.3) is 11.0 Å². The molecule has 0 radical (unpaired) electrons. The Hall–Kier alpha value is -3.37. The number of hydrogen-bond donors (Lipinski definition) is 0. The molecule has 2 aromatic carbocycles. The molecular formula is C34H50N4O5Si. The van der Waals surface area contributed by atoms with Crippen molar-refractivity contribution >= 4 is 36.8 Å². The number of anilines is 2. The van der Waals surface area contributed by atoms with Crippen LogP contribution in [-0.2, 0) is 9.16 Å². The van der Waals surface area contributed by atoms with Crippen molar-refractivity contribution < 1.29 is 23.4 Å². The van der Waals surface area contributed by atoms with Crippen LogP contribution in [0.2, 0.25) is 18.1 Å². The highest BCUT2D eigenvalue weighted by atomic mass is 28.4. The number of benzene rings is 2. The Morgan fingerprint density at radius 1 is 0.932 bits per heavy atom. The first-order valence-corrected chi connectivity index (χ1v) is 18.4. The summed E-state index contributed by atoms with van der Waals surface area (Å²) in [5, 5.41) is 0.120. The van der Waals surface area contributed by atoms with Crippen molar-refractivity contribution in [3.63, 3.8) is 0 Å². The molecule has 1 amide bonds. The molecule has 1 aromatic heterocycles. The molecule has 3 aromatic rings. The lowest BCUT2D eigenvalue weighted by atomic mass is 9.94. The molecule has 4 rings (SSSR count). The number of nitrogens with zero attached hydrogens (tertiary/aromatic N) is 4. The predicted molar refractivity (Wildman–Crippen MR) is 179 cm³/mol. The molecule has 0 N–H and O–H groups in total. The smallest absolute Gasteiger partial charge is 0.410 e. The standard InChI is InChI=1S/C34H50N4O5Si/c1-33(2,3)43-32(39)37-15-13-24(14-16-37)31-23-35-29-12-11-25(21-30(29)36-31)38(17-18-42-44(9,10)34(4,5)6)26-19-27(40-7)22-28(20-26)41-8/h11-12,19-24H,13-18H2,1-10H3. The van der Waals surface area contributed by atoms with Gasteiger partial charge in [-0.25, -0.2) is 9.78 Å². The summed E-state index contributed by atoms with van der Waals surface area (Å²) in [6.07, 6.45) is 3.27. The summed E-state index contributed by atoms with van der Waals surface area (Å²) >= 11 is 0. The lowest BCUT2D eigenvalue weighted by Gasteiger charge is -2.37. The van der Waals surface area contributed by atoms with Crippen LogP contribution >= 0.6 is 0 Å². The summed E-state index contributed by atoms with van der Waals surface area (Å²) < 4.78 is 23.4. The maximum absolute atomic E-state index is 12.6. The van der Waals surface area contributed by atoms with Gasteiger partial charge in [-0.05, 0) is 69.9 Å². The second-order valence-electron chi connectivity index (χ2n) is 14.0. The summed E-state index contributed by atoms with van der Waals surface area (Å²) in [5.41, 5.74) is 4.05. The number of ether oxygens (including phenoxy) is 3. The van der Waals surface area contributed by atoms with E-state index in [2.05, 4.69) is 50.9 Å². The molecule has 0 unspecified atom stereocenters. The van der Waals surface area contributed by atoms with Crippen LogP contribution < -0.4 is 14.4 Å². The van der Waals surface area contributed by atoms with E-state index in [0.717, 1.165) is 52.4 Å². The fourth-order valence-electron chi connectivity index (χ4n) is 5.03. The molecule has 1 saturated heterocycles. The Bertz CT molecular complexity index is 1420. The van der Waals surface area contributed by atoms with Gasteiger partial charge in [0.25, 0.3) is 0 Å². The maximum atomic E-state index is 12.6. The van der Waals surface area contributed by atoms with Crippen molar-refractivity contribution in [2.45, 2.75) is 84.0 Å².